The molecule has 0 saturated heterocycles. The molecular weight excluding hydrogens is 650 g/mol. The summed E-state index contributed by atoms with van der Waals surface area (Å²) in [7, 11) is 0. The SMILES string of the molecule is C=CCOC(=O)[C@H](COC[C@H](NC(=O)OCC1c2ccccc2-c2ccccc21)C(=O)OC(C)(C)C)NC(=O)OCc1ccc([N+](=O)[O-])cc1. The molecule has 3 aromatic carbocycles. The number of nitro groups is 1. The largest absolute Gasteiger partial charge is 0.460 e. The van der Waals surface area contributed by atoms with Crippen LogP contribution in [0.4, 0.5) is 15.3 Å². The minimum absolute atomic E-state index is 0.00484. The number of fused-ring (bicyclic) bond motifs is 3. The number of alkyl carbamates (subject to hydrolysis) is 2. The van der Waals surface area contributed by atoms with Crippen molar-refractivity contribution in [2.45, 2.75) is 51.0 Å². The molecular formula is C36H39N3O11. The molecule has 0 bridgehead atoms. The molecule has 4 rings (SSSR count). The fourth-order valence-corrected chi connectivity index (χ4v) is 5.08. The van der Waals surface area contributed by atoms with E-state index in [0.29, 0.717) is 5.56 Å². The Balaban J connectivity index is 1.37. The molecule has 0 radical (unpaired) electrons. The summed E-state index contributed by atoms with van der Waals surface area (Å²) in [5.41, 5.74) is 3.59. The van der Waals surface area contributed by atoms with E-state index in [4.69, 9.17) is 23.7 Å². The van der Waals surface area contributed by atoms with Gasteiger partial charge >= 0.3 is 24.1 Å². The number of esters is 2. The van der Waals surface area contributed by atoms with E-state index in [1.165, 1.54) is 30.3 Å². The summed E-state index contributed by atoms with van der Waals surface area (Å²) in [6, 6.07) is 18.4. The predicted molar refractivity (Wildman–Crippen MR) is 180 cm³/mol. The number of nitrogens with zero attached hydrogens (tertiary/aromatic N) is 1. The first-order valence-electron chi connectivity index (χ1n) is 15.7. The number of nitro benzene ring substituents is 1. The van der Waals surface area contributed by atoms with Crippen LogP contribution in [-0.2, 0) is 39.9 Å². The van der Waals surface area contributed by atoms with E-state index in [0.717, 1.165) is 22.3 Å². The smallest absolute Gasteiger partial charge is 0.408 e. The van der Waals surface area contributed by atoms with E-state index in [1.54, 1.807) is 20.8 Å². The first kappa shape index (κ1) is 37.1. The molecule has 2 atom stereocenters. The van der Waals surface area contributed by atoms with Crippen molar-refractivity contribution >= 4 is 29.8 Å². The van der Waals surface area contributed by atoms with Gasteiger partial charge in [-0.2, -0.15) is 0 Å². The van der Waals surface area contributed by atoms with Gasteiger partial charge in [0.15, 0.2) is 12.1 Å². The van der Waals surface area contributed by atoms with Gasteiger partial charge in [0, 0.05) is 18.1 Å². The topological polar surface area (TPSA) is 182 Å². The van der Waals surface area contributed by atoms with Crippen molar-refractivity contribution in [3.8, 4) is 11.1 Å². The van der Waals surface area contributed by atoms with Gasteiger partial charge in [0.05, 0.1) is 18.1 Å². The molecule has 0 unspecified atom stereocenters. The van der Waals surface area contributed by atoms with Crippen LogP contribution in [0.15, 0.2) is 85.5 Å². The maximum Gasteiger partial charge on any atom is 0.408 e. The minimum Gasteiger partial charge on any atom is -0.460 e. The number of hydrogen-bond acceptors (Lipinski definition) is 11. The second-order valence-electron chi connectivity index (χ2n) is 12.2. The van der Waals surface area contributed by atoms with Crippen LogP contribution in [0.5, 0.6) is 0 Å². The lowest BCUT2D eigenvalue weighted by Gasteiger charge is -2.25. The molecule has 2 amide bonds. The summed E-state index contributed by atoms with van der Waals surface area (Å²) in [6.45, 7) is 7.15. The van der Waals surface area contributed by atoms with Gasteiger partial charge in [-0.15, -0.1) is 0 Å². The van der Waals surface area contributed by atoms with Crippen molar-refractivity contribution in [3.63, 3.8) is 0 Å². The second-order valence-corrected chi connectivity index (χ2v) is 12.2. The summed E-state index contributed by atoms with van der Waals surface area (Å²) in [5.74, 6) is -1.90. The third-order valence-corrected chi connectivity index (χ3v) is 7.33. The van der Waals surface area contributed by atoms with Crippen LogP contribution >= 0.6 is 0 Å². The summed E-state index contributed by atoms with van der Waals surface area (Å²) in [6.07, 6.45) is -0.561. The van der Waals surface area contributed by atoms with Crippen molar-refractivity contribution in [1.29, 1.82) is 0 Å². The van der Waals surface area contributed by atoms with Gasteiger partial charge in [0.25, 0.3) is 5.69 Å². The van der Waals surface area contributed by atoms with E-state index in [1.807, 2.05) is 48.5 Å². The molecule has 3 aromatic rings. The van der Waals surface area contributed by atoms with Crippen LogP contribution in [-0.4, -0.2) is 73.2 Å². The molecule has 14 heteroatoms. The Morgan fingerprint density at radius 1 is 0.820 bits per heavy atom. The highest BCUT2D eigenvalue weighted by Gasteiger charge is 2.32. The van der Waals surface area contributed by atoms with Crippen molar-refractivity contribution in [2.75, 3.05) is 26.4 Å². The van der Waals surface area contributed by atoms with E-state index in [2.05, 4.69) is 17.2 Å². The van der Waals surface area contributed by atoms with Crippen LogP contribution in [0, 0.1) is 10.1 Å². The molecule has 0 spiro atoms. The van der Waals surface area contributed by atoms with Crippen molar-refractivity contribution in [2.24, 2.45) is 0 Å². The molecule has 264 valence electrons. The van der Waals surface area contributed by atoms with Gasteiger partial charge in [-0.25, -0.2) is 19.2 Å². The number of carbonyl (C=O) groups excluding carboxylic acids is 4. The van der Waals surface area contributed by atoms with Gasteiger partial charge in [-0.05, 0) is 60.7 Å². The quantitative estimate of drug-likeness (QED) is 0.0705. The Labute approximate surface area is 288 Å². The molecule has 2 N–H and O–H groups in total. The molecule has 50 heavy (non-hydrogen) atoms. The van der Waals surface area contributed by atoms with Gasteiger partial charge < -0.3 is 34.3 Å². The molecule has 0 aromatic heterocycles. The van der Waals surface area contributed by atoms with Gasteiger partial charge in [0.1, 0.15) is 25.4 Å². The fraction of sp³-hybridized carbons (Fsp3) is 0.333. The highest BCUT2D eigenvalue weighted by molar-refractivity contribution is 5.83. The lowest BCUT2D eigenvalue weighted by molar-refractivity contribution is -0.384. The maximum absolute atomic E-state index is 13.1. The average molecular weight is 690 g/mol. The third-order valence-electron chi connectivity index (χ3n) is 7.33. The Morgan fingerprint density at radius 2 is 1.36 bits per heavy atom. The van der Waals surface area contributed by atoms with Gasteiger partial charge in [-0.3, -0.25) is 10.1 Å². The van der Waals surface area contributed by atoms with E-state index in [-0.39, 0.29) is 31.4 Å². The number of carbonyl (C=O) groups is 4. The number of nitrogens with one attached hydrogen (secondary N) is 2. The molecule has 14 nitrogen and oxygen atoms in total. The predicted octanol–water partition coefficient (Wildman–Crippen LogP) is 5.18. The zero-order chi connectivity index (χ0) is 36.3. The highest BCUT2D eigenvalue weighted by atomic mass is 16.6. The summed E-state index contributed by atoms with van der Waals surface area (Å²) in [5, 5.41) is 15.7. The van der Waals surface area contributed by atoms with Crippen molar-refractivity contribution in [1.82, 2.24) is 10.6 Å². The van der Waals surface area contributed by atoms with Crippen molar-refractivity contribution in [3.05, 3.63) is 112 Å². The van der Waals surface area contributed by atoms with Crippen molar-refractivity contribution < 1.29 is 47.8 Å². The van der Waals surface area contributed by atoms with Crippen LogP contribution in [0.3, 0.4) is 0 Å². The molecule has 0 saturated carbocycles. The Bertz CT molecular complexity index is 1660. The first-order valence-corrected chi connectivity index (χ1v) is 15.7. The first-order chi connectivity index (χ1) is 23.9. The van der Waals surface area contributed by atoms with E-state index in [9.17, 15) is 29.3 Å². The molecule has 1 aliphatic carbocycles. The lowest BCUT2D eigenvalue weighted by atomic mass is 9.98. The normalized spacial score (nSPS) is 13.1. The standard InChI is InChI=1S/C36H39N3O11/c1-5-18-47-32(40)30(37-34(42)48-19-23-14-16-24(17-15-23)39(44)45)21-46-22-31(33(41)50-36(2,3)4)38-35(43)49-20-29-27-12-8-6-10-25(27)26-11-7-9-13-28(26)29/h5-17,29-31H,1,18-22H2,2-4H3,(H,37,42)(H,38,43)/t30-,31-/m0/s1. The zero-order valence-electron chi connectivity index (χ0n) is 27.9. The zero-order valence-corrected chi connectivity index (χ0v) is 27.9. The van der Waals surface area contributed by atoms with Gasteiger partial charge in [-0.1, -0.05) is 61.2 Å². The van der Waals surface area contributed by atoms with E-state index >= 15 is 0 Å². The van der Waals surface area contributed by atoms with Crippen LogP contribution in [0.2, 0.25) is 0 Å². The molecule has 0 heterocycles. The molecule has 0 fully saturated rings. The van der Waals surface area contributed by atoms with Crippen LogP contribution in [0.25, 0.3) is 11.1 Å². The lowest BCUT2D eigenvalue weighted by Crippen LogP contribution is -2.49. The Hall–Kier alpha value is -5.76. The summed E-state index contributed by atoms with van der Waals surface area (Å²) in [4.78, 5) is 61.7. The average Bonchev–Trinajstić information content (AvgIpc) is 3.40. The second kappa shape index (κ2) is 17.1. The number of ether oxygens (including phenoxy) is 5. The molecule has 0 aliphatic heterocycles. The summed E-state index contributed by atoms with van der Waals surface area (Å²) >= 11 is 0. The van der Waals surface area contributed by atoms with E-state index < -0.39 is 59.9 Å². The highest BCUT2D eigenvalue weighted by Crippen LogP contribution is 2.44. The minimum atomic E-state index is -1.38. The van der Waals surface area contributed by atoms with Crippen LogP contribution in [0.1, 0.15) is 43.4 Å². The number of non-ortho nitro benzene ring substituents is 1. The van der Waals surface area contributed by atoms with Crippen LogP contribution < -0.4 is 10.6 Å². The number of hydrogen-bond donors (Lipinski definition) is 2. The number of amides is 2. The fourth-order valence-electron chi connectivity index (χ4n) is 5.08. The summed E-state index contributed by atoms with van der Waals surface area (Å²) < 4.78 is 26.9. The maximum atomic E-state index is 13.1. The number of benzene rings is 3. The Morgan fingerprint density at radius 3 is 1.90 bits per heavy atom. The third kappa shape index (κ3) is 10.4. The monoisotopic (exact) mass is 689 g/mol. The number of rotatable bonds is 15. The molecule has 1 aliphatic rings. The van der Waals surface area contributed by atoms with Gasteiger partial charge in [0.2, 0.25) is 0 Å². The Kier molecular flexibility index (Phi) is 12.6.